The van der Waals surface area contributed by atoms with Gasteiger partial charge >= 0.3 is 0 Å². The highest BCUT2D eigenvalue weighted by molar-refractivity contribution is 8.00. The minimum atomic E-state index is -2.94. The van der Waals surface area contributed by atoms with E-state index in [9.17, 15) is 13.2 Å². The molecular formula is C17H18N4O4S2. The molecule has 0 radical (unpaired) electrons. The predicted octanol–water partition coefficient (Wildman–Crippen LogP) is 2.04. The Hall–Kier alpha value is -2.38. The Balaban J connectivity index is 1.54. The van der Waals surface area contributed by atoms with Gasteiger partial charge in [-0.1, -0.05) is 17.8 Å². The monoisotopic (exact) mass is 406 g/mol. The van der Waals surface area contributed by atoms with E-state index in [-0.39, 0.29) is 28.6 Å². The Morgan fingerprint density at radius 3 is 3.00 bits per heavy atom. The molecule has 1 amide bonds. The summed E-state index contributed by atoms with van der Waals surface area (Å²) in [7, 11) is -2.94. The molecule has 2 aromatic rings. The molecule has 1 fully saturated rings. The van der Waals surface area contributed by atoms with Gasteiger partial charge in [0, 0.05) is 12.1 Å². The molecule has 1 saturated heterocycles. The molecule has 27 heavy (non-hydrogen) atoms. The fraction of sp³-hybridized carbons (Fsp3) is 0.412. The van der Waals surface area contributed by atoms with Crippen LogP contribution in [0.4, 0.5) is 5.69 Å². The number of rotatable bonds is 6. The number of nitrogens with zero attached hydrogens (tertiary/aromatic N) is 3. The van der Waals surface area contributed by atoms with Crippen molar-refractivity contribution in [1.82, 2.24) is 10.2 Å². The first kappa shape index (κ1) is 19.4. The van der Waals surface area contributed by atoms with E-state index in [1.54, 1.807) is 31.2 Å². The Kier molecular flexibility index (Phi) is 5.82. The lowest BCUT2D eigenvalue weighted by molar-refractivity contribution is -0.115. The van der Waals surface area contributed by atoms with Crippen molar-refractivity contribution >= 4 is 33.2 Å². The van der Waals surface area contributed by atoms with Crippen LogP contribution in [0.5, 0.6) is 0 Å². The second-order valence-corrected chi connectivity index (χ2v) is 9.90. The number of benzene rings is 1. The zero-order chi connectivity index (χ0) is 19.4. The number of hydrogen-bond donors (Lipinski definition) is 1. The van der Waals surface area contributed by atoms with E-state index in [4.69, 9.17) is 9.68 Å². The Labute approximate surface area is 161 Å². The Morgan fingerprint density at radius 2 is 2.30 bits per heavy atom. The maximum absolute atomic E-state index is 12.3. The first-order valence-electron chi connectivity index (χ1n) is 8.35. The van der Waals surface area contributed by atoms with Gasteiger partial charge in [0.1, 0.15) is 0 Å². The predicted molar refractivity (Wildman–Crippen MR) is 99.9 cm³/mol. The van der Waals surface area contributed by atoms with Gasteiger partial charge in [-0.15, -0.1) is 10.2 Å². The van der Waals surface area contributed by atoms with E-state index in [2.05, 4.69) is 15.5 Å². The molecule has 1 aromatic carbocycles. The van der Waals surface area contributed by atoms with Crippen molar-refractivity contribution in [2.45, 2.75) is 30.2 Å². The lowest BCUT2D eigenvalue weighted by Crippen LogP contribution is -2.22. The molecule has 3 rings (SSSR count). The summed E-state index contributed by atoms with van der Waals surface area (Å²) in [6, 6.07) is 8.67. The topological polar surface area (TPSA) is 126 Å². The first-order valence-corrected chi connectivity index (χ1v) is 11.1. The molecule has 0 unspecified atom stereocenters. The number of nitriles is 1. The molecule has 0 saturated carbocycles. The van der Waals surface area contributed by atoms with Crippen LogP contribution in [0.25, 0.3) is 0 Å². The van der Waals surface area contributed by atoms with Gasteiger partial charge < -0.3 is 9.73 Å². The molecule has 1 aromatic heterocycles. The Morgan fingerprint density at radius 1 is 1.48 bits per heavy atom. The lowest BCUT2D eigenvalue weighted by atomic mass is 10.1. The molecule has 1 N–H and O–H groups in total. The van der Waals surface area contributed by atoms with Crippen molar-refractivity contribution in [3.63, 3.8) is 0 Å². The SMILES string of the molecule is C[C@H](Sc1nnc(C[C@H]2CCS(=O)(=O)C2)o1)C(=O)Nc1cccc(C#N)c1. The number of carbonyl (C=O) groups excluding carboxylic acids is 1. The summed E-state index contributed by atoms with van der Waals surface area (Å²) >= 11 is 1.12. The molecule has 142 valence electrons. The highest BCUT2D eigenvalue weighted by Gasteiger charge is 2.29. The molecule has 0 spiro atoms. The second kappa shape index (κ2) is 8.10. The molecule has 1 aliphatic heterocycles. The maximum atomic E-state index is 12.3. The smallest absolute Gasteiger partial charge is 0.277 e. The van der Waals surface area contributed by atoms with Crippen LogP contribution in [0.2, 0.25) is 0 Å². The normalized spacial score (nSPS) is 19.3. The molecule has 1 aliphatic rings. The summed E-state index contributed by atoms with van der Waals surface area (Å²) < 4.78 is 28.6. The van der Waals surface area contributed by atoms with Crippen molar-refractivity contribution in [3.8, 4) is 6.07 Å². The number of aromatic nitrogens is 2. The van der Waals surface area contributed by atoms with Gasteiger partial charge in [-0.25, -0.2) is 8.42 Å². The van der Waals surface area contributed by atoms with Crippen LogP contribution in [0.15, 0.2) is 33.9 Å². The summed E-state index contributed by atoms with van der Waals surface area (Å²) in [5.74, 6) is 0.489. The number of hydrogen-bond acceptors (Lipinski definition) is 8. The Bertz CT molecular complexity index is 981. The van der Waals surface area contributed by atoms with E-state index in [1.807, 2.05) is 6.07 Å². The van der Waals surface area contributed by atoms with Gasteiger partial charge in [-0.3, -0.25) is 4.79 Å². The van der Waals surface area contributed by atoms with Crippen LogP contribution in [0, 0.1) is 17.2 Å². The van der Waals surface area contributed by atoms with Gasteiger partial charge in [0.15, 0.2) is 9.84 Å². The van der Waals surface area contributed by atoms with Crippen LogP contribution < -0.4 is 5.32 Å². The van der Waals surface area contributed by atoms with Crippen LogP contribution in [0.3, 0.4) is 0 Å². The largest absolute Gasteiger partial charge is 0.416 e. The fourth-order valence-electron chi connectivity index (χ4n) is 2.76. The summed E-state index contributed by atoms with van der Waals surface area (Å²) in [4.78, 5) is 12.3. The van der Waals surface area contributed by atoms with Crippen molar-refractivity contribution in [3.05, 3.63) is 35.7 Å². The van der Waals surface area contributed by atoms with Crippen molar-refractivity contribution in [2.75, 3.05) is 16.8 Å². The van der Waals surface area contributed by atoms with Crippen LogP contribution in [0.1, 0.15) is 24.8 Å². The number of thioether (sulfide) groups is 1. The molecule has 10 heteroatoms. The van der Waals surface area contributed by atoms with E-state index in [0.29, 0.717) is 30.0 Å². The summed E-state index contributed by atoms with van der Waals surface area (Å²) in [6.07, 6.45) is 1.03. The number of amides is 1. The first-order chi connectivity index (χ1) is 12.8. The third-order valence-corrected chi connectivity index (χ3v) is 6.92. The number of anilines is 1. The van der Waals surface area contributed by atoms with Crippen LogP contribution >= 0.6 is 11.8 Å². The average Bonchev–Trinajstić information content (AvgIpc) is 3.20. The van der Waals surface area contributed by atoms with Gasteiger partial charge in [0.25, 0.3) is 5.22 Å². The lowest BCUT2D eigenvalue weighted by Gasteiger charge is -2.10. The van der Waals surface area contributed by atoms with Crippen LogP contribution in [-0.4, -0.2) is 41.3 Å². The minimum absolute atomic E-state index is 0.00133. The number of sulfone groups is 1. The molecule has 0 aliphatic carbocycles. The van der Waals surface area contributed by atoms with Gasteiger partial charge in [-0.2, -0.15) is 5.26 Å². The summed E-state index contributed by atoms with van der Waals surface area (Å²) in [5.41, 5.74) is 1.00. The third-order valence-electron chi connectivity index (χ3n) is 4.14. The number of carbonyl (C=O) groups is 1. The van der Waals surface area contributed by atoms with Crippen molar-refractivity contribution in [2.24, 2.45) is 5.92 Å². The molecule has 0 bridgehead atoms. The van der Waals surface area contributed by atoms with Gasteiger partial charge in [-0.05, 0) is 37.5 Å². The molecule has 2 heterocycles. The van der Waals surface area contributed by atoms with Gasteiger partial charge in [0.05, 0.1) is 28.4 Å². The van der Waals surface area contributed by atoms with Crippen molar-refractivity contribution < 1.29 is 17.6 Å². The van der Waals surface area contributed by atoms with E-state index in [1.165, 1.54) is 0 Å². The quantitative estimate of drug-likeness (QED) is 0.722. The fourth-order valence-corrected chi connectivity index (χ4v) is 5.33. The average molecular weight is 406 g/mol. The zero-order valence-corrected chi connectivity index (χ0v) is 16.2. The summed E-state index contributed by atoms with van der Waals surface area (Å²) in [5, 5.41) is 19.3. The van der Waals surface area contributed by atoms with E-state index >= 15 is 0 Å². The maximum Gasteiger partial charge on any atom is 0.277 e. The molecular weight excluding hydrogens is 388 g/mol. The minimum Gasteiger partial charge on any atom is -0.416 e. The summed E-state index contributed by atoms with van der Waals surface area (Å²) in [6.45, 7) is 1.71. The third kappa shape index (κ3) is 5.30. The second-order valence-electron chi connectivity index (χ2n) is 6.38. The molecule has 8 nitrogen and oxygen atoms in total. The van der Waals surface area contributed by atoms with Crippen LogP contribution in [-0.2, 0) is 21.1 Å². The van der Waals surface area contributed by atoms with Crippen molar-refractivity contribution in [1.29, 1.82) is 5.26 Å². The highest BCUT2D eigenvalue weighted by atomic mass is 32.2. The van der Waals surface area contributed by atoms with E-state index in [0.717, 1.165) is 11.8 Å². The highest BCUT2D eigenvalue weighted by Crippen LogP contribution is 2.26. The molecule has 2 atom stereocenters. The zero-order valence-electron chi connectivity index (χ0n) is 14.6. The van der Waals surface area contributed by atoms with Gasteiger partial charge in [0.2, 0.25) is 11.8 Å². The van der Waals surface area contributed by atoms with E-state index < -0.39 is 15.1 Å². The standard InChI is InChI=1S/C17H18N4O4S2/c1-11(16(22)19-14-4-2-3-12(7-14)9-18)26-17-21-20-15(25-17)8-13-5-6-27(23,24)10-13/h2-4,7,11,13H,5-6,8,10H2,1H3,(H,19,22)/t11-,13+/m0/s1. The number of nitrogens with one attached hydrogen (secondary N) is 1.